The molecule has 2 unspecified atom stereocenters. The number of benzene rings is 4. The molecule has 0 aliphatic heterocycles. The molecule has 0 N–H and O–H groups in total. The molecule has 0 bridgehead atoms. The van der Waals surface area contributed by atoms with Gasteiger partial charge >= 0.3 is 289 Å². The van der Waals surface area contributed by atoms with E-state index in [0.717, 1.165) is 0 Å². The van der Waals surface area contributed by atoms with Gasteiger partial charge in [-0.3, -0.25) is 0 Å². The summed E-state index contributed by atoms with van der Waals surface area (Å²) in [6.07, 6.45) is 15.9. The molecule has 0 fully saturated rings. The molecule has 4 aromatic rings. The van der Waals surface area contributed by atoms with Crippen molar-refractivity contribution in [2.75, 3.05) is 0 Å². The summed E-state index contributed by atoms with van der Waals surface area (Å²) in [5.74, 6) is 1.10. The zero-order chi connectivity index (χ0) is 33.4. The summed E-state index contributed by atoms with van der Waals surface area (Å²) < 4.78 is 6.93. The van der Waals surface area contributed by atoms with Crippen molar-refractivity contribution in [3.05, 3.63) is 130 Å². The molecule has 4 aromatic carbocycles. The Labute approximate surface area is 287 Å². The fraction of sp³-hybridized carbons (Fsp3) is 0.378. The molecular weight excluding hydrogens is 747 g/mol. The van der Waals surface area contributed by atoms with Gasteiger partial charge in [0.2, 0.25) is 0 Å². The molecule has 0 amide bonds. The molecule has 2 heteroatoms. The molecule has 0 saturated carbocycles. The molecule has 0 nitrogen and oxygen atoms in total. The number of rotatable bonds is 11. The van der Waals surface area contributed by atoms with Crippen LogP contribution in [0.5, 0.6) is 0 Å². The fourth-order valence-corrected chi connectivity index (χ4v) is 52.4. The van der Waals surface area contributed by atoms with Crippen molar-refractivity contribution >= 4 is 17.6 Å². The molecule has 2 aliphatic carbocycles. The second-order valence-electron chi connectivity index (χ2n) is 16.0. The van der Waals surface area contributed by atoms with E-state index in [9.17, 15) is 0 Å². The zero-order valence-corrected chi connectivity index (χ0v) is 34.8. The average molecular weight is 804 g/mol. The van der Waals surface area contributed by atoms with E-state index >= 15 is 0 Å². The van der Waals surface area contributed by atoms with Crippen molar-refractivity contribution in [2.45, 2.75) is 101 Å². The molecule has 2 atom stereocenters. The number of allylic oxidation sites excluding steroid dienone is 2. The first-order valence-corrected chi connectivity index (χ1v) is 37.3. The molecule has 6 rings (SSSR count). The summed E-state index contributed by atoms with van der Waals surface area (Å²) in [5.41, 5.74) is 13.9. The second-order valence-corrected chi connectivity index (χ2v) is 63.4. The molecule has 47 heavy (non-hydrogen) atoms. The summed E-state index contributed by atoms with van der Waals surface area (Å²) in [6.45, 7) is 14.2. The van der Waals surface area contributed by atoms with Crippen molar-refractivity contribution in [1.29, 1.82) is 0 Å². The number of fused-ring (bicyclic) bond motifs is 2. The average Bonchev–Trinajstić information content (AvgIpc) is 3.73. The van der Waals surface area contributed by atoms with Crippen molar-refractivity contribution < 1.29 is 17.1 Å². The van der Waals surface area contributed by atoms with Gasteiger partial charge in [0.05, 0.1) is 0 Å². The van der Waals surface area contributed by atoms with Crippen molar-refractivity contribution in [3.8, 4) is 22.3 Å². The molecule has 244 valence electrons. The van der Waals surface area contributed by atoms with Gasteiger partial charge < -0.3 is 0 Å². The number of unbranched alkanes of at least 4 members (excludes halogenated alkanes) is 3. The van der Waals surface area contributed by atoms with Crippen LogP contribution in [-0.2, 0) is 17.1 Å². The molecular formula is C45H56HfSi. The summed E-state index contributed by atoms with van der Waals surface area (Å²) in [6, 6.07) is 34.6. The van der Waals surface area contributed by atoms with Crippen LogP contribution in [0.2, 0.25) is 22.0 Å². The van der Waals surface area contributed by atoms with E-state index in [1.54, 1.807) is 11.1 Å². The number of hydrogen-bond acceptors (Lipinski definition) is 0. The van der Waals surface area contributed by atoms with Crippen LogP contribution in [-0.4, -0.2) is 5.49 Å². The minimum atomic E-state index is -3.85. The van der Waals surface area contributed by atoms with Crippen LogP contribution in [0.15, 0.2) is 97.1 Å². The third kappa shape index (κ3) is 6.23. The van der Waals surface area contributed by atoms with Gasteiger partial charge in [-0.05, 0) is 0 Å². The Kier molecular flexibility index (Phi) is 10.0. The van der Waals surface area contributed by atoms with Gasteiger partial charge in [0, 0.05) is 0 Å². The van der Waals surface area contributed by atoms with Crippen molar-refractivity contribution in [1.82, 2.24) is 0 Å². The summed E-state index contributed by atoms with van der Waals surface area (Å²) >= 11 is -3.85. The Balaban J connectivity index is 1.47. The molecule has 2 aliphatic rings. The quantitative estimate of drug-likeness (QED) is 0.105. The van der Waals surface area contributed by atoms with Gasteiger partial charge in [0.15, 0.2) is 0 Å². The third-order valence-electron chi connectivity index (χ3n) is 12.3. The molecule has 0 heterocycles. The maximum atomic E-state index is 2.90. The van der Waals surface area contributed by atoms with Crippen LogP contribution < -0.4 is 0 Å². The van der Waals surface area contributed by atoms with Gasteiger partial charge in [-0.2, -0.15) is 0 Å². The predicted molar refractivity (Wildman–Crippen MR) is 208 cm³/mol. The Hall–Kier alpha value is -2.55. The van der Waals surface area contributed by atoms with Crippen LogP contribution in [0.3, 0.4) is 0 Å². The van der Waals surface area contributed by atoms with Crippen molar-refractivity contribution in [3.63, 3.8) is 0 Å². The van der Waals surface area contributed by atoms with E-state index in [1.807, 2.05) is 0 Å². The van der Waals surface area contributed by atoms with E-state index in [0.29, 0.717) is 19.2 Å². The topological polar surface area (TPSA) is 0 Å². The van der Waals surface area contributed by atoms with Gasteiger partial charge in [0.25, 0.3) is 0 Å². The summed E-state index contributed by atoms with van der Waals surface area (Å²) in [7, 11) is 0. The van der Waals surface area contributed by atoms with Crippen LogP contribution in [0, 0.1) is 0 Å². The number of hydrogen-bond donors (Lipinski definition) is 0. The van der Waals surface area contributed by atoms with E-state index in [1.165, 1.54) is 76.2 Å². The van der Waals surface area contributed by atoms with Crippen molar-refractivity contribution in [2.24, 2.45) is 0 Å². The summed E-state index contributed by atoms with van der Waals surface area (Å²) in [5, 5.41) is 0. The Morgan fingerprint density at radius 2 is 1.04 bits per heavy atom. The second kappa shape index (κ2) is 13.8. The van der Waals surface area contributed by atoms with Crippen LogP contribution in [0.25, 0.3) is 34.4 Å². The van der Waals surface area contributed by atoms with E-state index < -0.39 is 22.6 Å². The normalized spacial score (nSPS) is 17.1. The standard InChI is InChI=1S/2C18H17.C7H16Si.2CH3.Hf/c2*1-13(2)14-9-11-16(12-10-14)18-8-4-6-15-5-3-7-17(15)18;1-3-4-5-6-7-8-2;;;/h2*3-13H,1-2H3;3-7H2,1-2H3;2*1H3;. The zero-order valence-electron chi connectivity index (χ0n) is 30.2. The summed E-state index contributed by atoms with van der Waals surface area (Å²) in [4.78, 5) is 0. The van der Waals surface area contributed by atoms with Crippen LogP contribution in [0.1, 0.15) is 113 Å². The first-order chi connectivity index (χ1) is 22.5. The SMILES string of the molecule is CCCCCC[Si](C)=[Hf]([CH3])([CH3])([CH]1C=Cc2c(-c3ccc(C(C)C)cc3)cccc21)[CH]1C=Cc2c(-c3ccc(C(C)C)cc3)cccc21. The van der Waals surface area contributed by atoms with Gasteiger partial charge in [-0.1, -0.05) is 0 Å². The van der Waals surface area contributed by atoms with Gasteiger partial charge in [-0.25, -0.2) is 0 Å². The maximum absolute atomic E-state index is 3.85. The Morgan fingerprint density at radius 3 is 1.45 bits per heavy atom. The molecule has 0 radical (unpaired) electrons. The molecule has 0 saturated heterocycles. The van der Waals surface area contributed by atoms with Crippen LogP contribution >= 0.6 is 0 Å². The van der Waals surface area contributed by atoms with E-state index in [4.69, 9.17) is 0 Å². The van der Waals surface area contributed by atoms with E-state index in [2.05, 4.69) is 160 Å². The fourth-order valence-electron chi connectivity index (χ4n) is 8.76. The Bertz CT molecular complexity index is 1750. The first kappa shape index (κ1) is 34.3. The molecule has 0 spiro atoms. The monoisotopic (exact) mass is 804 g/mol. The Morgan fingerprint density at radius 1 is 0.596 bits per heavy atom. The van der Waals surface area contributed by atoms with E-state index in [-0.39, 0.29) is 0 Å². The van der Waals surface area contributed by atoms with Gasteiger partial charge in [-0.15, -0.1) is 0 Å². The van der Waals surface area contributed by atoms with Crippen LogP contribution in [0.4, 0.5) is 0 Å². The minimum absolute atomic E-state index is 0.551. The van der Waals surface area contributed by atoms with Gasteiger partial charge in [0.1, 0.15) is 0 Å². The first-order valence-electron chi connectivity index (χ1n) is 18.4. The third-order valence-corrected chi connectivity index (χ3v) is 70.3. The predicted octanol–water partition coefficient (Wildman–Crippen LogP) is 14.1. The molecule has 0 aromatic heterocycles.